The Morgan fingerprint density at radius 3 is 3.07 bits per heavy atom. The van der Waals surface area contributed by atoms with Crippen LogP contribution in [-0.4, -0.2) is 17.2 Å². The van der Waals surface area contributed by atoms with Crippen molar-refractivity contribution in [2.75, 3.05) is 5.32 Å². The van der Waals surface area contributed by atoms with Crippen LogP contribution in [0.25, 0.3) is 10.1 Å². The third-order valence-corrected chi connectivity index (χ3v) is 2.90. The zero-order valence-corrected chi connectivity index (χ0v) is 8.80. The Kier molecular flexibility index (Phi) is 2.47. The van der Waals surface area contributed by atoms with Crippen LogP contribution in [0.3, 0.4) is 0 Å². The lowest BCUT2D eigenvalue weighted by Crippen LogP contribution is -2.07. The lowest BCUT2D eigenvalue weighted by atomic mass is 10.3. The number of carbonyl (C=O) groups excluding carboxylic acids is 2. The normalized spacial score (nSPS) is 10.2. The zero-order valence-electron chi connectivity index (χ0n) is 7.98. The summed E-state index contributed by atoms with van der Waals surface area (Å²) in [6.45, 7) is 1.42. The number of anilines is 1. The van der Waals surface area contributed by atoms with Crippen molar-refractivity contribution in [2.24, 2.45) is 0 Å². The van der Waals surface area contributed by atoms with E-state index in [0.717, 1.165) is 16.4 Å². The molecular formula is C10H8N2O2S. The summed E-state index contributed by atoms with van der Waals surface area (Å²) in [4.78, 5) is 26.2. The molecule has 0 unspecified atom stereocenters. The van der Waals surface area contributed by atoms with Crippen LogP contribution in [0.1, 0.15) is 16.6 Å². The van der Waals surface area contributed by atoms with Gasteiger partial charge in [-0.1, -0.05) is 0 Å². The second kappa shape index (κ2) is 3.78. The smallest absolute Gasteiger partial charge is 0.222 e. The Morgan fingerprint density at radius 1 is 1.60 bits per heavy atom. The Morgan fingerprint density at radius 2 is 2.40 bits per heavy atom. The summed E-state index contributed by atoms with van der Waals surface area (Å²) in [6.07, 6.45) is 2.40. The Bertz CT molecular complexity index is 533. The first-order chi connectivity index (χ1) is 7.20. The van der Waals surface area contributed by atoms with Gasteiger partial charge in [0.25, 0.3) is 0 Å². The summed E-state index contributed by atoms with van der Waals surface area (Å²) in [5.74, 6) is 0.332. The number of thiophene rings is 1. The van der Waals surface area contributed by atoms with Gasteiger partial charge in [-0.25, -0.2) is 4.98 Å². The molecule has 76 valence electrons. The van der Waals surface area contributed by atoms with Crippen molar-refractivity contribution in [3.05, 3.63) is 23.2 Å². The van der Waals surface area contributed by atoms with Gasteiger partial charge in [0, 0.05) is 23.2 Å². The van der Waals surface area contributed by atoms with Crippen LogP contribution in [0.2, 0.25) is 0 Å². The largest absolute Gasteiger partial charge is 0.310 e. The molecule has 1 N–H and O–H groups in total. The molecule has 0 saturated heterocycles. The minimum atomic E-state index is -0.172. The molecular weight excluding hydrogens is 212 g/mol. The van der Waals surface area contributed by atoms with Crippen LogP contribution in [0, 0.1) is 0 Å². The number of nitrogens with one attached hydrogen (secondary N) is 1. The second-order valence-electron chi connectivity index (χ2n) is 3.02. The van der Waals surface area contributed by atoms with E-state index in [0.29, 0.717) is 10.7 Å². The molecule has 0 radical (unpaired) electrons. The number of aromatic nitrogens is 1. The van der Waals surface area contributed by atoms with Crippen molar-refractivity contribution in [3.63, 3.8) is 0 Å². The van der Waals surface area contributed by atoms with Crippen molar-refractivity contribution in [3.8, 4) is 0 Å². The highest BCUT2D eigenvalue weighted by Crippen LogP contribution is 2.28. The molecule has 0 aromatic carbocycles. The number of fused-ring (bicyclic) bond motifs is 1. The lowest BCUT2D eigenvalue weighted by molar-refractivity contribution is -0.114. The molecule has 2 heterocycles. The summed E-state index contributed by atoms with van der Waals surface area (Å²) in [5, 5.41) is 3.43. The van der Waals surface area contributed by atoms with Crippen LogP contribution >= 0.6 is 11.3 Å². The van der Waals surface area contributed by atoms with Crippen LogP contribution in [0.15, 0.2) is 18.3 Å². The molecule has 0 bridgehead atoms. The van der Waals surface area contributed by atoms with Gasteiger partial charge in [0.2, 0.25) is 5.91 Å². The molecule has 0 aliphatic rings. The number of nitrogens with zero attached hydrogens (tertiary/aromatic N) is 1. The van der Waals surface area contributed by atoms with Crippen LogP contribution in [0.4, 0.5) is 5.82 Å². The Labute approximate surface area is 89.9 Å². The summed E-state index contributed by atoms with van der Waals surface area (Å²) >= 11 is 1.38. The number of pyridine rings is 1. The van der Waals surface area contributed by atoms with E-state index in [4.69, 9.17) is 0 Å². The van der Waals surface area contributed by atoms with E-state index in [-0.39, 0.29) is 5.91 Å². The van der Waals surface area contributed by atoms with E-state index < -0.39 is 0 Å². The Balaban J connectivity index is 2.58. The molecule has 4 nitrogen and oxygen atoms in total. The van der Waals surface area contributed by atoms with Crippen molar-refractivity contribution < 1.29 is 9.59 Å². The van der Waals surface area contributed by atoms with E-state index in [2.05, 4.69) is 10.3 Å². The van der Waals surface area contributed by atoms with Gasteiger partial charge < -0.3 is 5.32 Å². The predicted octanol–water partition coefficient (Wildman–Crippen LogP) is 2.07. The molecule has 0 atom stereocenters. The fourth-order valence-electron chi connectivity index (χ4n) is 1.31. The topological polar surface area (TPSA) is 59.1 Å². The molecule has 0 aliphatic heterocycles. The molecule has 5 heteroatoms. The van der Waals surface area contributed by atoms with Crippen LogP contribution in [0.5, 0.6) is 0 Å². The molecule has 1 amide bonds. The third-order valence-electron chi connectivity index (χ3n) is 1.88. The highest BCUT2D eigenvalue weighted by Gasteiger charge is 2.07. The fourth-order valence-corrected chi connectivity index (χ4v) is 2.18. The number of hydrogen-bond donors (Lipinski definition) is 1. The van der Waals surface area contributed by atoms with E-state index in [1.54, 1.807) is 12.3 Å². The first-order valence-corrected chi connectivity index (χ1v) is 5.13. The average Bonchev–Trinajstić information content (AvgIpc) is 2.61. The van der Waals surface area contributed by atoms with E-state index in [9.17, 15) is 9.59 Å². The number of aldehydes is 1. The lowest BCUT2D eigenvalue weighted by Gasteiger charge is -2.00. The van der Waals surface area contributed by atoms with Crippen molar-refractivity contribution in [1.82, 2.24) is 4.98 Å². The van der Waals surface area contributed by atoms with Gasteiger partial charge in [0.15, 0.2) is 6.29 Å². The first kappa shape index (κ1) is 9.79. The van der Waals surface area contributed by atoms with E-state index >= 15 is 0 Å². The van der Waals surface area contributed by atoms with Crippen molar-refractivity contribution >= 4 is 39.4 Å². The van der Waals surface area contributed by atoms with Gasteiger partial charge in [-0.05, 0) is 12.1 Å². The molecule has 0 saturated carbocycles. The summed E-state index contributed by atoms with van der Waals surface area (Å²) in [5.41, 5.74) is 0. The maximum Gasteiger partial charge on any atom is 0.222 e. The van der Waals surface area contributed by atoms with Crippen molar-refractivity contribution in [2.45, 2.75) is 6.92 Å². The quantitative estimate of drug-likeness (QED) is 0.788. The summed E-state index contributed by atoms with van der Waals surface area (Å²) < 4.78 is 0.941. The summed E-state index contributed by atoms with van der Waals surface area (Å²) in [6, 6.07) is 3.55. The van der Waals surface area contributed by atoms with Crippen LogP contribution in [-0.2, 0) is 4.79 Å². The van der Waals surface area contributed by atoms with E-state index in [1.165, 1.54) is 18.3 Å². The number of hydrogen-bond acceptors (Lipinski definition) is 4. The van der Waals surface area contributed by atoms with Crippen molar-refractivity contribution in [1.29, 1.82) is 0 Å². The van der Waals surface area contributed by atoms with Gasteiger partial charge in [0.1, 0.15) is 5.82 Å². The molecule has 0 aliphatic carbocycles. The second-order valence-corrected chi connectivity index (χ2v) is 4.13. The number of rotatable bonds is 2. The minimum absolute atomic E-state index is 0.172. The van der Waals surface area contributed by atoms with Gasteiger partial charge in [-0.3, -0.25) is 9.59 Å². The van der Waals surface area contributed by atoms with Gasteiger partial charge >= 0.3 is 0 Å². The average molecular weight is 220 g/mol. The molecule has 0 spiro atoms. The fraction of sp³-hybridized carbons (Fsp3) is 0.100. The molecule has 15 heavy (non-hydrogen) atoms. The molecule has 2 aromatic heterocycles. The monoisotopic (exact) mass is 220 g/mol. The summed E-state index contributed by atoms with van der Waals surface area (Å²) in [7, 11) is 0. The SMILES string of the molecule is CC(=O)Nc1nccc2sc(C=O)cc12. The zero-order chi connectivity index (χ0) is 10.8. The van der Waals surface area contributed by atoms with Crippen LogP contribution < -0.4 is 5.32 Å². The molecule has 2 rings (SSSR count). The standard InChI is InChI=1S/C10H8N2O2S/c1-6(14)12-10-8-4-7(5-13)15-9(8)2-3-11-10/h2-5H,1H3,(H,11,12,14). The number of amides is 1. The maximum absolute atomic E-state index is 10.9. The Hall–Kier alpha value is -1.75. The maximum atomic E-state index is 10.9. The highest BCUT2D eigenvalue weighted by atomic mass is 32.1. The highest BCUT2D eigenvalue weighted by molar-refractivity contribution is 7.20. The van der Waals surface area contributed by atoms with Gasteiger partial charge in [-0.2, -0.15) is 0 Å². The van der Waals surface area contributed by atoms with Gasteiger partial charge in [-0.15, -0.1) is 11.3 Å². The minimum Gasteiger partial charge on any atom is -0.310 e. The third kappa shape index (κ3) is 1.87. The molecule has 0 fully saturated rings. The predicted molar refractivity (Wildman–Crippen MR) is 59.3 cm³/mol. The number of carbonyl (C=O) groups is 2. The van der Waals surface area contributed by atoms with Gasteiger partial charge in [0.05, 0.1) is 4.88 Å². The molecule has 2 aromatic rings. The first-order valence-electron chi connectivity index (χ1n) is 4.32. The van der Waals surface area contributed by atoms with E-state index in [1.807, 2.05) is 6.07 Å².